The van der Waals surface area contributed by atoms with E-state index in [2.05, 4.69) is 5.32 Å². The molecule has 3 N–H and O–H groups in total. The zero-order chi connectivity index (χ0) is 15.7. The first-order valence-electron chi connectivity index (χ1n) is 7.35. The SMILES string of the molecule is NCCCc1cccc2c1CN(N1CCC(=O)NC1=O)C2=O. The summed E-state index contributed by atoms with van der Waals surface area (Å²) in [5.74, 6) is -0.511. The van der Waals surface area contributed by atoms with Gasteiger partial charge >= 0.3 is 6.03 Å². The van der Waals surface area contributed by atoms with E-state index in [9.17, 15) is 14.4 Å². The quantitative estimate of drug-likeness (QED) is 0.841. The first-order chi connectivity index (χ1) is 10.6. The van der Waals surface area contributed by atoms with Crippen LogP contribution in [0.15, 0.2) is 18.2 Å². The molecule has 4 amide bonds. The fraction of sp³-hybridized carbons (Fsp3) is 0.400. The summed E-state index contributed by atoms with van der Waals surface area (Å²) in [7, 11) is 0. The highest BCUT2D eigenvalue weighted by molar-refractivity contribution is 6.02. The van der Waals surface area contributed by atoms with Crippen LogP contribution in [0, 0.1) is 0 Å². The average Bonchev–Trinajstić information content (AvgIpc) is 2.83. The topological polar surface area (TPSA) is 95.7 Å². The third-order valence-corrected chi connectivity index (χ3v) is 4.02. The molecule has 0 atom stereocenters. The van der Waals surface area contributed by atoms with Crippen LogP contribution in [0.2, 0.25) is 0 Å². The number of fused-ring (bicyclic) bond motifs is 1. The second-order valence-electron chi connectivity index (χ2n) is 5.42. The third kappa shape index (κ3) is 2.43. The van der Waals surface area contributed by atoms with Crippen molar-refractivity contribution < 1.29 is 14.4 Å². The van der Waals surface area contributed by atoms with Gasteiger partial charge in [-0.3, -0.25) is 14.9 Å². The van der Waals surface area contributed by atoms with Gasteiger partial charge in [-0.05, 0) is 36.6 Å². The number of imide groups is 1. The second-order valence-corrected chi connectivity index (χ2v) is 5.42. The molecular weight excluding hydrogens is 284 g/mol. The third-order valence-electron chi connectivity index (χ3n) is 4.02. The van der Waals surface area contributed by atoms with Crippen LogP contribution in [-0.4, -0.2) is 41.0 Å². The van der Waals surface area contributed by atoms with E-state index in [1.165, 1.54) is 10.0 Å². The normalized spacial score (nSPS) is 17.8. The number of aryl methyl sites for hydroxylation is 1. The zero-order valence-electron chi connectivity index (χ0n) is 12.2. The standard InChI is InChI=1S/C15H18N4O3/c16-7-2-4-10-3-1-5-11-12(10)9-19(14(11)21)18-8-6-13(20)17-15(18)22/h1,3,5H,2,4,6-9,16H2,(H,17,20,22). The van der Waals surface area contributed by atoms with Crippen LogP contribution in [-0.2, 0) is 17.8 Å². The lowest BCUT2D eigenvalue weighted by molar-refractivity contribution is -0.123. The lowest BCUT2D eigenvalue weighted by Crippen LogP contribution is -2.56. The molecule has 2 heterocycles. The number of carbonyl (C=O) groups excluding carboxylic acids is 3. The van der Waals surface area contributed by atoms with Gasteiger partial charge in [0.05, 0.1) is 13.1 Å². The predicted molar refractivity (Wildman–Crippen MR) is 78.6 cm³/mol. The summed E-state index contributed by atoms with van der Waals surface area (Å²) in [5.41, 5.74) is 8.22. The number of nitrogens with two attached hydrogens (primary N) is 1. The summed E-state index contributed by atoms with van der Waals surface area (Å²) >= 11 is 0. The van der Waals surface area contributed by atoms with Crippen LogP contribution in [0.25, 0.3) is 0 Å². The first-order valence-corrected chi connectivity index (χ1v) is 7.35. The van der Waals surface area contributed by atoms with Gasteiger partial charge < -0.3 is 5.73 Å². The molecule has 0 aliphatic carbocycles. The van der Waals surface area contributed by atoms with Crippen molar-refractivity contribution in [1.82, 2.24) is 15.3 Å². The Labute approximate surface area is 128 Å². The fourth-order valence-corrected chi connectivity index (χ4v) is 2.89. The van der Waals surface area contributed by atoms with E-state index >= 15 is 0 Å². The Morgan fingerprint density at radius 1 is 1.18 bits per heavy atom. The molecular formula is C15H18N4O3. The number of hydrogen-bond donors (Lipinski definition) is 2. The fourth-order valence-electron chi connectivity index (χ4n) is 2.89. The molecule has 2 aliphatic heterocycles. The number of amides is 4. The van der Waals surface area contributed by atoms with Gasteiger partial charge in [0.2, 0.25) is 5.91 Å². The molecule has 0 aromatic heterocycles. The minimum absolute atomic E-state index is 0.200. The summed E-state index contributed by atoms with van der Waals surface area (Å²) in [5, 5.41) is 4.97. The Hall–Kier alpha value is -2.41. The maximum Gasteiger partial charge on any atom is 0.342 e. The number of hydrogen-bond acceptors (Lipinski definition) is 4. The average molecular weight is 302 g/mol. The Balaban J connectivity index is 1.84. The van der Waals surface area contributed by atoms with Crippen LogP contribution >= 0.6 is 0 Å². The summed E-state index contributed by atoms with van der Waals surface area (Å²) < 4.78 is 0. The molecule has 7 nitrogen and oxygen atoms in total. The van der Waals surface area contributed by atoms with Crippen LogP contribution in [0.3, 0.4) is 0 Å². The van der Waals surface area contributed by atoms with Gasteiger partial charge in [-0.2, -0.15) is 0 Å². The number of hydrazine groups is 1. The van der Waals surface area contributed by atoms with Crippen molar-refractivity contribution in [1.29, 1.82) is 0 Å². The molecule has 22 heavy (non-hydrogen) atoms. The van der Waals surface area contributed by atoms with Crippen molar-refractivity contribution in [2.75, 3.05) is 13.1 Å². The van der Waals surface area contributed by atoms with Crippen LogP contribution in [0.1, 0.15) is 34.3 Å². The smallest absolute Gasteiger partial charge is 0.330 e. The highest BCUT2D eigenvalue weighted by Crippen LogP contribution is 2.28. The van der Waals surface area contributed by atoms with Crippen LogP contribution in [0.5, 0.6) is 0 Å². The molecule has 1 aromatic rings. The molecule has 1 aromatic carbocycles. The molecule has 1 fully saturated rings. The predicted octanol–water partition coefficient (Wildman–Crippen LogP) is 0.391. The van der Waals surface area contributed by atoms with Crippen molar-refractivity contribution in [3.8, 4) is 0 Å². The van der Waals surface area contributed by atoms with Crippen LogP contribution < -0.4 is 11.1 Å². The number of nitrogens with zero attached hydrogens (tertiary/aromatic N) is 2. The summed E-state index contributed by atoms with van der Waals surface area (Å²) in [6, 6.07) is 5.08. The molecule has 0 saturated carbocycles. The van der Waals surface area contributed by atoms with Gasteiger partial charge in [-0.15, -0.1) is 0 Å². The molecule has 2 aliphatic rings. The van der Waals surface area contributed by atoms with E-state index in [1.54, 1.807) is 6.07 Å². The highest BCUT2D eigenvalue weighted by Gasteiger charge is 2.37. The molecule has 7 heteroatoms. The Kier molecular flexibility index (Phi) is 3.81. The summed E-state index contributed by atoms with van der Waals surface area (Å²) in [6.45, 7) is 1.18. The van der Waals surface area contributed by atoms with Crippen molar-refractivity contribution in [3.63, 3.8) is 0 Å². The van der Waals surface area contributed by atoms with Crippen molar-refractivity contribution in [2.45, 2.75) is 25.8 Å². The lowest BCUT2D eigenvalue weighted by Gasteiger charge is -2.33. The Bertz CT molecular complexity index is 644. The second kappa shape index (κ2) is 5.76. The van der Waals surface area contributed by atoms with E-state index in [0.29, 0.717) is 18.7 Å². The maximum absolute atomic E-state index is 12.5. The first kappa shape index (κ1) is 14.5. The molecule has 0 unspecified atom stereocenters. The van der Waals surface area contributed by atoms with E-state index < -0.39 is 6.03 Å². The molecule has 0 spiro atoms. The number of urea groups is 1. The van der Waals surface area contributed by atoms with Gasteiger partial charge in [0, 0.05) is 12.0 Å². The maximum atomic E-state index is 12.5. The zero-order valence-corrected chi connectivity index (χ0v) is 12.2. The number of benzene rings is 1. The Morgan fingerprint density at radius 2 is 2.00 bits per heavy atom. The van der Waals surface area contributed by atoms with E-state index in [4.69, 9.17) is 5.73 Å². The van der Waals surface area contributed by atoms with E-state index in [1.807, 2.05) is 12.1 Å². The Morgan fingerprint density at radius 3 is 2.73 bits per heavy atom. The highest BCUT2D eigenvalue weighted by atomic mass is 16.2. The molecule has 116 valence electrons. The van der Waals surface area contributed by atoms with Gasteiger partial charge in [0.15, 0.2) is 0 Å². The van der Waals surface area contributed by atoms with Crippen molar-refractivity contribution >= 4 is 17.8 Å². The molecule has 0 radical (unpaired) electrons. The van der Waals surface area contributed by atoms with Gasteiger partial charge in [0.25, 0.3) is 5.91 Å². The van der Waals surface area contributed by atoms with Crippen molar-refractivity contribution in [2.24, 2.45) is 5.73 Å². The number of carbonyl (C=O) groups is 3. The van der Waals surface area contributed by atoms with E-state index in [-0.39, 0.29) is 24.8 Å². The minimum Gasteiger partial charge on any atom is -0.330 e. The van der Waals surface area contributed by atoms with Gasteiger partial charge in [0.1, 0.15) is 0 Å². The molecule has 1 saturated heterocycles. The molecule has 0 bridgehead atoms. The van der Waals surface area contributed by atoms with Gasteiger partial charge in [-0.1, -0.05) is 12.1 Å². The number of nitrogens with one attached hydrogen (secondary N) is 1. The van der Waals surface area contributed by atoms with Crippen LogP contribution in [0.4, 0.5) is 4.79 Å². The van der Waals surface area contributed by atoms with E-state index in [0.717, 1.165) is 24.0 Å². The lowest BCUT2D eigenvalue weighted by atomic mass is 10.00. The van der Waals surface area contributed by atoms with Crippen molar-refractivity contribution in [3.05, 3.63) is 34.9 Å². The number of rotatable bonds is 4. The summed E-state index contributed by atoms with van der Waals surface area (Å²) in [4.78, 5) is 35.7. The van der Waals surface area contributed by atoms with Gasteiger partial charge in [-0.25, -0.2) is 14.8 Å². The minimum atomic E-state index is -0.541. The monoisotopic (exact) mass is 302 g/mol. The largest absolute Gasteiger partial charge is 0.342 e. The molecule has 3 rings (SSSR count). The summed E-state index contributed by atoms with van der Waals surface area (Å²) in [6.07, 6.45) is 1.86.